The summed E-state index contributed by atoms with van der Waals surface area (Å²) >= 11 is 0. The number of halogens is 3. The Morgan fingerprint density at radius 1 is 1.43 bits per heavy atom. The zero-order chi connectivity index (χ0) is 15.5. The molecule has 0 saturated heterocycles. The number of alkyl halides is 3. The van der Waals surface area contributed by atoms with Crippen LogP contribution in [0.5, 0.6) is 0 Å². The molecule has 0 radical (unpaired) electrons. The molecule has 0 fully saturated rings. The van der Waals surface area contributed by atoms with Gasteiger partial charge in [0.15, 0.2) is 5.69 Å². The molecular formula is C12H14F3N5O. The molecule has 0 spiro atoms. The zero-order valence-corrected chi connectivity index (χ0v) is 11.3. The van der Waals surface area contributed by atoms with E-state index in [1.165, 1.54) is 7.05 Å². The number of nitrogens with zero attached hydrogens (tertiary/aromatic N) is 4. The highest BCUT2D eigenvalue weighted by Gasteiger charge is 2.35. The predicted octanol–water partition coefficient (Wildman–Crippen LogP) is 1.46. The lowest BCUT2D eigenvalue weighted by Crippen LogP contribution is -2.27. The van der Waals surface area contributed by atoms with E-state index in [-0.39, 0.29) is 5.69 Å². The first-order valence-electron chi connectivity index (χ1n) is 6.25. The van der Waals surface area contributed by atoms with Gasteiger partial charge in [-0.3, -0.25) is 14.2 Å². The molecule has 0 aliphatic heterocycles. The van der Waals surface area contributed by atoms with Gasteiger partial charge in [0, 0.05) is 38.6 Å². The summed E-state index contributed by atoms with van der Waals surface area (Å²) in [5, 5.41) is 9.85. The maximum absolute atomic E-state index is 12.5. The van der Waals surface area contributed by atoms with Crippen molar-refractivity contribution in [2.45, 2.75) is 19.1 Å². The number of hydrogen-bond donors (Lipinski definition) is 1. The molecule has 0 aromatic carbocycles. The molecule has 2 rings (SSSR count). The minimum absolute atomic E-state index is 0.124. The Morgan fingerprint density at radius 2 is 2.19 bits per heavy atom. The van der Waals surface area contributed by atoms with E-state index in [4.69, 9.17) is 0 Å². The molecule has 0 unspecified atom stereocenters. The quantitative estimate of drug-likeness (QED) is 0.850. The van der Waals surface area contributed by atoms with E-state index in [1.54, 1.807) is 23.1 Å². The van der Waals surface area contributed by atoms with Crippen LogP contribution in [0.25, 0.3) is 0 Å². The number of rotatable bonds is 5. The van der Waals surface area contributed by atoms with Crippen LogP contribution in [0.4, 0.5) is 13.2 Å². The smallest absolute Gasteiger partial charge is 0.351 e. The minimum atomic E-state index is -4.56. The Kier molecular flexibility index (Phi) is 4.29. The first-order valence-corrected chi connectivity index (χ1v) is 6.25. The average molecular weight is 301 g/mol. The third kappa shape index (κ3) is 3.83. The first-order chi connectivity index (χ1) is 9.88. The van der Waals surface area contributed by atoms with Crippen LogP contribution in [0.2, 0.25) is 0 Å². The third-order valence-electron chi connectivity index (χ3n) is 2.81. The maximum Gasteiger partial charge on any atom is 0.435 e. The van der Waals surface area contributed by atoms with Crippen LogP contribution in [0.1, 0.15) is 22.6 Å². The standard InChI is InChI=1S/C12H14F3N5O/c1-19-9(8-10(18-19)12(13,14)15)11(21)16-4-2-6-20-7-3-5-17-20/h3,5,7-8H,2,4,6H2,1H3,(H,16,21). The summed E-state index contributed by atoms with van der Waals surface area (Å²) in [5.41, 5.74) is -1.20. The molecule has 1 amide bonds. The monoisotopic (exact) mass is 301 g/mol. The lowest BCUT2D eigenvalue weighted by atomic mass is 10.3. The summed E-state index contributed by atoms with van der Waals surface area (Å²) in [6.07, 6.45) is -0.501. The second-order valence-electron chi connectivity index (χ2n) is 4.41. The molecule has 6 nitrogen and oxygen atoms in total. The Labute approximate surface area is 118 Å². The molecule has 1 N–H and O–H groups in total. The summed E-state index contributed by atoms with van der Waals surface area (Å²) < 4.78 is 40.1. The molecule has 0 atom stereocenters. The van der Waals surface area contributed by atoms with Gasteiger partial charge in [0.2, 0.25) is 0 Å². The lowest BCUT2D eigenvalue weighted by Gasteiger charge is -2.05. The average Bonchev–Trinajstić information content (AvgIpc) is 3.02. The maximum atomic E-state index is 12.5. The van der Waals surface area contributed by atoms with Crippen molar-refractivity contribution in [2.75, 3.05) is 6.54 Å². The topological polar surface area (TPSA) is 64.7 Å². The van der Waals surface area contributed by atoms with Crippen LogP contribution < -0.4 is 5.32 Å². The molecule has 2 heterocycles. The van der Waals surface area contributed by atoms with E-state index in [2.05, 4.69) is 15.5 Å². The van der Waals surface area contributed by atoms with E-state index in [9.17, 15) is 18.0 Å². The van der Waals surface area contributed by atoms with E-state index < -0.39 is 17.8 Å². The van der Waals surface area contributed by atoms with Gasteiger partial charge in [-0.25, -0.2) is 0 Å². The summed E-state index contributed by atoms with van der Waals surface area (Å²) in [5.74, 6) is -0.582. The molecule has 2 aromatic rings. The Morgan fingerprint density at radius 3 is 2.76 bits per heavy atom. The van der Waals surface area contributed by atoms with Crippen LogP contribution in [0.3, 0.4) is 0 Å². The molecule has 9 heteroatoms. The van der Waals surface area contributed by atoms with Crippen molar-refractivity contribution in [1.82, 2.24) is 24.9 Å². The lowest BCUT2D eigenvalue weighted by molar-refractivity contribution is -0.141. The van der Waals surface area contributed by atoms with Gasteiger partial charge in [0.05, 0.1) is 0 Å². The van der Waals surface area contributed by atoms with Gasteiger partial charge in [-0.1, -0.05) is 0 Å². The SMILES string of the molecule is Cn1nc(C(F)(F)F)cc1C(=O)NCCCn1cccn1. The number of hydrogen-bond acceptors (Lipinski definition) is 3. The third-order valence-corrected chi connectivity index (χ3v) is 2.81. The van der Waals surface area contributed by atoms with Gasteiger partial charge in [0.1, 0.15) is 5.69 Å². The molecule has 0 saturated carbocycles. The predicted molar refractivity (Wildman–Crippen MR) is 67.4 cm³/mol. The molecule has 21 heavy (non-hydrogen) atoms. The highest BCUT2D eigenvalue weighted by Crippen LogP contribution is 2.28. The summed E-state index contributed by atoms with van der Waals surface area (Å²) in [4.78, 5) is 11.8. The van der Waals surface area contributed by atoms with Gasteiger partial charge in [0.25, 0.3) is 5.91 Å². The first kappa shape index (κ1) is 15.1. The normalized spacial score (nSPS) is 11.6. The van der Waals surface area contributed by atoms with E-state index in [1.807, 2.05) is 0 Å². The number of aryl methyl sites for hydroxylation is 2. The van der Waals surface area contributed by atoms with Crippen LogP contribution >= 0.6 is 0 Å². The van der Waals surface area contributed by atoms with Gasteiger partial charge < -0.3 is 5.32 Å². The van der Waals surface area contributed by atoms with Gasteiger partial charge in [-0.2, -0.15) is 23.4 Å². The van der Waals surface area contributed by atoms with Crippen molar-refractivity contribution in [1.29, 1.82) is 0 Å². The Hall–Kier alpha value is -2.32. The highest BCUT2D eigenvalue weighted by molar-refractivity contribution is 5.92. The fourth-order valence-electron chi connectivity index (χ4n) is 1.78. The molecule has 114 valence electrons. The summed E-state index contributed by atoms with van der Waals surface area (Å²) in [6, 6.07) is 2.52. The van der Waals surface area contributed by atoms with Crippen molar-refractivity contribution in [3.05, 3.63) is 35.9 Å². The number of nitrogens with one attached hydrogen (secondary N) is 1. The molecule has 0 bridgehead atoms. The second-order valence-corrected chi connectivity index (χ2v) is 4.41. The second kappa shape index (κ2) is 5.98. The van der Waals surface area contributed by atoms with E-state index >= 15 is 0 Å². The Bertz CT molecular complexity index is 603. The van der Waals surface area contributed by atoms with Gasteiger partial charge in [-0.15, -0.1) is 0 Å². The zero-order valence-electron chi connectivity index (χ0n) is 11.3. The van der Waals surface area contributed by atoms with E-state index in [0.717, 1.165) is 10.7 Å². The van der Waals surface area contributed by atoms with Crippen LogP contribution in [-0.2, 0) is 19.8 Å². The molecule has 2 aromatic heterocycles. The van der Waals surface area contributed by atoms with Gasteiger partial charge in [-0.05, 0) is 12.5 Å². The number of carbonyl (C=O) groups is 1. The largest absolute Gasteiger partial charge is 0.435 e. The number of carbonyl (C=O) groups excluding carboxylic acids is 1. The fraction of sp³-hybridized carbons (Fsp3) is 0.417. The summed E-state index contributed by atoms with van der Waals surface area (Å²) in [7, 11) is 1.30. The minimum Gasteiger partial charge on any atom is -0.351 e. The highest BCUT2D eigenvalue weighted by atomic mass is 19.4. The molecule has 0 aliphatic carbocycles. The van der Waals surface area contributed by atoms with Crippen molar-refractivity contribution < 1.29 is 18.0 Å². The summed E-state index contributed by atoms with van der Waals surface area (Å²) in [6.45, 7) is 0.956. The van der Waals surface area contributed by atoms with Crippen LogP contribution in [0, 0.1) is 0 Å². The van der Waals surface area contributed by atoms with Crippen molar-refractivity contribution in [3.63, 3.8) is 0 Å². The van der Waals surface area contributed by atoms with Crippen molar-refractivity contribution in [2.24, 2.45) is 7.05 Å². The van der Waals surface area contributed by atoms with Gasteiger partial charge >= 0.3 is 6.18 Å². The number of amides is 1. The van der Waals surface area contributed by atoms with Crippen LogP contribution in [0.15, 0.2) is 24.5 Å². The van der Waals surface area contributed by atoms with Crippen molar-refractivity contribution in [3.8, 4) is 0 Å². The Balaban J connectivity index is 1.87. The fourth-order valence-corrected chi connectivity index (χ4v) is 1.78. The molecular weight excluding hydrogens is 287 g/mol. The van der Waals surface area contributed by atoms with E-state index in [0.29, 0.717) is 19.5 Å². The number of aromatic nitrogens is 4. The van der Waals surface area contributed by atoms with Crippen LogP contribution in [-0.4, -0.2) is 32.0 Å². The molecule has 0 aliphatic rings. The van der Waals surface area contributed by atoms with Crippen molar-refractivity contribution >= 4 is 5.91 Å².